The lowest BCUT2D eigenvalue weighted by atomic mass is 10.2. The average Bonchev–Trinajstić information content (AvgIpc) is 3.11. The molecule has 1 saturated carbocycles. The molecular formula is C17H22N4O. The molecule has 1 aromatic heterocycles. The minimum absolute atomic E-state index is 0.545. The third-order valence-corrected chi connectivity index (χ3v) is 4.50. The number of para-hydroxylation sites is 1. The van der Waals surface area contributed by atoms with Gasteiger partial charge in [0.05, 0.1) is 0 Å². The van der Waals surface area contributed by atoms with Crippen molar-refractivity contribution in [3.8, 4) is 0 Å². The molecule has 1 N–H and O–H groups in total. The largest absolute Gasteiger partial charge is 0.370 e. The molecule has 5 heteroatoms. The van der Waals surface area contributed by atoms with Crippen molar-refractivity contribution in [2.75, 3.05) is 24.5 Å². The maximum absolute atomic E-state index is 5.29. The Morgan fingerprint density at radius 1 is 1.18 bits per heavy atom. The van der Waals surface area contributed by atoms with Crippen LogP contribution in [0.3, 0.4) is 0 Å². The first-order chi connectivity index (χ1) is 10.9. The van der Waals surface area contributed by atoms with Gasteiger partial charge in [-0.05, 0) is 31.4 Å². The quantitative estimate of drug-likeness (QED) is 0.887. The van der Waals surface area contributed by atoms with Gasteiger partial charge < -0.3 is 14.7 Å². The number of nitrogens with zero attached hydrogens (tertiary/aromatic N) is 3. The highest BCUT2D eigenvalue weighted by molar-refractivity contribution is 5.47. The van der Waals surface area contributed by atoms with E-state index in [0.29, 0.717) is 12.0 Å². The fourth-order valence-corrected chi connectivity index (χ4v) is 3.05. The Morgan fingerprint density at radius 2 is 2.05 bits per heavy atom. The fourth-order valence-electron chi connectivity index (χ4n) is 3.05. The molecule has 0 radical (unpaired) electrons. The van der Waals surface area contributed by atoms with Crippen LogP contribution in [0.2, 0.25) is 0 Å². The molecule has 2 aromatic rings. The number of hydrogen-bond donors (Lipinski definition) is 1. The second kappa shape index (κ2) is 6.08. The molecule has 0 spiro atoms. The van der Waals surface area contributed by atoms with E-state index in [1.807, 2.05) is 0 Å². The predicted molar refractivity (Wildman–Crippen MR) is 85.0 cm³/mol. The summed E-state index contributed by atoms with van der Waals surface area (Å²) in [6.45, 7) is 3.11. The normalized spacial score (nSPS) is 21.5. The highest BCUT2D eigenvalue weighted by Gasteiger charge is 2.29. The number of benzene rings is 1. The highest BCUT2D eigenvalue weighted by Crippen LogP contribution is 2.38. The maximum Gasteiger partial charge on any atom is 0.229 e. The maximum atomic E-state index is 5.29. The lowest BCUT2D eigenvalue weighted by Crippen LogP contribution is -2.34. The number of nitrogens with one attached hydrogen (secondary N) is 1. The summed E-state index contributed by atoms with van der Waals surface area (Å²) < 4.78 is 5.29. The van der Waals surface area contributed by atoms with E-state index < -0.39 is 0 Å². The van der Waals surface area contributed by atoms with Crippen molar-refractivity contribution in [1.82, 2.24) is 15.5 Å². The molecule has 22 heavy (non-hydrogen) atoms. The number of anilines is 1. The molecule has 116 valence electrons. The number of rotatable bonds is 6. The summed E-state index contributed by atoms with van der Waals surface area (Å²) in [4.78, 5) is 6.91. The Labute approximate surface area is 130 Å². The van der Waals surface area contributed by atoms with Crippen LogP contribution in [0.4, 0.5) is 5.69 Å². The van der Waals surface area contributed by atoms with Crippen LogP contribution in [-0.2, 0) is 6.42 Å². The zero-order chi connectivity index (χ0) is 14.8. The zero-order valence-corrected chi connectivity index (χ0v) is 12.7. The lowest BCUT2D eigenvalue weighted by Gasteiger charge is -2.18. The van der Waals surface area contributed by atoms with Crippen LogP contribution in [-0.4, -0.2) is 35.8 Å². The summed E-state index contributed by atoms with van der Waals surface area (Å²) in [5.41, 5.74) is 1.32. The van der Waals surface area contributed by atoms with Gasteiger partial charge in [-0.3, -0.25) is 0 Å². The van der Waals surface area contributed by atoms with Gasteiger partial charge in [-0.1, -0.05) is 23.4 Å². The molecule has 2 aliphatic rings. The van der Waals surface area contributed by atoms with Crippen molar-refractivity contribution in [2.45, 2.75) is 37.6 Å². The summed E-state index contributed by atoms with van der Waals surface area (Å²) in [6.07, 6.45) is 4.45. The first kappa shape index (κ1) is 13.8. The molecule has 5 nitrogen and oxygen atoms in total. The van der Waals surface area contributed by atoms with Crippen LogP contribution in [0.1, 0.15) is 36.9 Å². The van der Waals surface area contributed by atoms with E-state index in [2.05, 4.69) is 50.7 Å². The van der Waals surface area contributed by atoms with E-state index in [4.69, 9.17) is 4.52 Å². The predicted octanol–water partition coefficient (Wildman–Crippen LogP) is 2.36. The molecule has 0 amide bonds. The van der Waals surface area contributed by atoms with E-state index >= 15 is 0 Å². The van der Waals surface area contributed by atoms with Gasteiger partial charge in [-0.15, -0.1) is 0 Å². The second-order valence-corrected chi connectivity index (χ2v) is 6.29. The van der Waals surface area contributed by atoms with Crippen molar-refractivity contribution in [2.24, 2.45) is 0 Å². The molecule has 0 bridgehead atoms. The van der Waals surface area contributed by atoms with Crippen LogP contribution in [0.15, 0.2) is 34.9 Å². The van der Waals surface area contributed by atoms with Crippen LogP contribution < -0.4 is 10.2 Å². The van der Waals surface area contributed by atoms with Crippen molar-refractivity contribution in [3.05, 3.63) is 42.0 Å². The Hall–Kier alpha value is -1.88. The topological polar surface area (TPSA) is 54.2 Å². The fraction of sp³-hybridized carbons (Fsp3) is 0.529. The first-order valence-electron chi connectivity index (χ1n) is 8.24. The van der Waals surface area contributed by atoms with E-state index in [0.717, 1.165) is 37.8 Å². The van der Waals surface area contributed by atoms with Crippen LogP contribution in [0, 0.1) is 0 Å². The molecule has 1 aliphatic heterocycles. The average molecular weight is 298 g/mol. The van der Waals surface area contributed by atoms with Gasteiger partial charge in [0.2, 0.25) is 5.89 Å². The minimum Gasteiger partial charge on any atom is -0.370 e. The minimum atomic E-state index is 0.545. The molecule has 0 unspecified atom stereocenters. The van der Waals surface area contributed by atoms with Crippen molar-refractivity contribution in [1.29, 1.82) is 0 Å². The van der Waals surface area contributed by atoms with E-state index in [-0.39, 0.29) is 0 Å². The summed E-state index contributed by atoms with van der Waals surface area (Å²) in [5.74, 6) is 2.22. The monoisotopic (exact) mass is 298 g/mol. The summed E-state index contributed by atoms with van der Waals surface area (Å²) in [5, 5.41) is 7.69. The highest BCUT2D eigenvalue weighted by atomic mass is 16.5. The Bertz CT molecular complexity index is 608. The van der Waals surface area contributed by atoms with Crippen LogP contribution >= 0.6 is 0 Å². The van der Waals surface area contributed by atoms with Gasteiger partial charge in [0.15, 0.2) is 5.82 Å². The van der Waals surface area contributed by atoms with Crippen molar-refractivity contribution < 1.29 is 4.52 Å². The summed E-state index contributed by atoms with van der Waals surface area (Å²) in [6, 6.07) is 11.2. The summed E-state index contributed by atoms with van der Waals surface area (Å²) in [7, 11) is 0. The molecule has 2 heterocycles. The van der Waals surface area contributed by atoms with E-state index in [1.54, 1.807) is 0 Å². The van der Waals surface area contributed by atoms with Gasteiger partial charge in [-0.2, -0.15) is 4.98 Å². The van der Waals surface area contributed by atoms with Gasteiger partial charge in [0, 0.05) is 43.7 Å². The third kappa shape index (κ3) is 3.14. The smallest absolute Gasteiger partial charge is 0.229 e. The van der Waals surface area contributed by atoms with Crippen LogP contribution in [0.25, 0.3) is 0 Å². The van der Waals surface area contributed by atoms with Gasteiger partial charge in [0.1, 0.15) is 0 Å². The summed E-state index contributed by atoms with van der Waals surface area (Å²) >= 11 is 0. The number of hydrogen-bond acceptors (Lipinski definition) is 5. The molecule has 4 rings (SSSR count). The Kier molecular flexibility index (Phi) is 3.81. The standard InChI is InChI=1S/C17H22N4O/c1-2-4-15(5-3-1)21-11-9-14(12-21)18-10-8-16-19-17(22-20-16)13-6-7-13/h1-5,13-14,18H,6-12H2/t14-/m0/s1. The molecule has 1 aliphatic carbocycles. The lowest BCUT2D eigenvalue weighted by molar-refractivity contribution is 0.373. The van der Waals surface area contributed by atoms with Crippen molar-refractivity contribution >= 4 is 5.69 Å². The Morgan fingerprint density at radius 3 is 2.86 bits per heavy atom. The van der Waals surface area contributed by atoms with E-state index in [9.17, 15) is 0 Å². The molecule has 2 fully saturated rings. The van der Waals surface area contributed by atoms with Gasteiger partial charge in [0.25, 0.3) is 0 Å². The van der Waals surface area contributed by atoms with Gasteiger partial charge in [-0.25, -0.2) is 0 Å². The molecular weight excluding hydrogens is 276 g/mol. The van der Waals surface area contributed by atoms with Crippen LogP contribution in [0.5, 0.6) is 0 Å². The second-order valence-electron chi connectivity index (χ2n) is 6.29. The third-order valence-electron chi connectivity index (χ3n) is 4.50. The first-order valence-corrected chi connectivity index (χ1v) is 8.24. The molecule has 1 saturated heterocycles. The van der Waals surface area contributed by atoms with Gasteiger partial charge >= 0.3 is 0 Å². The molecule has 1 atom stereocenters. The Balaban J connectivity index is 1.23. The number of aromatic nitrogens is 2. The zero-order valence-electron chi connectivity index (χ0n) is 12.7. The van der Waals surface area contributed by atoms with E-state index in [1.165, 1.54) is 24.9 Å². The SMILES string of the molecule is c1ccc(N2CC[C@H](NCCc3noc(C4CC4)n3)C2)cc1. The van der Waals surface area contributed by atoms with Crippen molar-refractivity contribution in [3.63, 3.8) is 0 Å². The molecule has 1 aromatic carbocycles.